The van der Waals surface area contributed by atoms with Crippen molar-refractivity contribution in [3.63, 3.8) is 0 Å². The van der Waals surface area contributed by atoms with Gasteiger partial charge < -0.3 is 14.5 Å². The minimum atomic E-state index is -0.266. The van der Waals surface area contributed by atoms with Crippen LogP contribution >= 0.6 is 23.2 Å². The Kier molecular flexibility index (Phi) is 4.95. The third kappa shape index (κ3) is 3.71. The molecule has 1 aromatic carbocycles. The number of furan rings is 1. The first-order chi connectivity index (χ1) is 11.0. The van der Waals surface area contributed by atoms with Gasteiger partial charge in [-0.3, -0.25) is 4.79 Å². The van der Waals surface area contributed by atoms with Crippen LogP contribution in [-0.2, 0) is 4.74 Å². The number of amides is 1. The highest BCUT2D eigenvalue weighted by Gasteiger charge is 2.25. The first kappa shape index (κ1) is 16.4. The van der Waals surface area contributed by atoms with Crippen LogP contribution in [0, 0.1) is 0 Å². The van der Waals surface area contributed by atoms with Crippen molar-refractivity contribution in [3.05, 3.63) is 46.1 Å². The largest absolute Gasteiger partial charge is 0.451 e. The third-order valence-electron chi connectivity index (χ3n) is 3.91. The van der Waals surface area contributed by atoms with Crippen molar-refractivity contribution in [1.82, 2.24) is 5.32 Å². The normalized spacial score (nSPS) is 18.8. The molecule has 0 spiro atoms. The van der Waals surface area contributed by atoms with Crippen LogP contribution in [0.5, 0.6) is 0 Å². The fourth-order valence-electron chi connectivity index (χ4n) is 2.66. The van der Waals surface area contributed by atoms with Crippen molar-refractivity contribution in [2.24, 2.45) is 0 Å². The predicted octanol–water partition coefficient (Wildman–Crippen LogP) is 4.55. The number of ether oxygens (including phenoxy) is 1. The number of hydrogen-bond donors (Lipinski definition) is 1. The summed E-state index contributed by atoms with van der Waals surface area (Å²) in [7, 11) is 0. The average Bonchev–Trinajstić information content (AvgIpc) is 3.20. The molecule has 4 nitrogen and oxygen atoms in total. The lowest BCUT2D eigenvalue weighted by atomic mass is 10.1. The van der Waals surface area contributed by atoms with Crippen LogP contribution in [0.1, 0.15) is 30.3 Å². The summed E-state index contributed by atoms with van der Waals surface area (Å²) in [6.45, 7) is 2.69. The van der Waals surface area contributed by atoms with Crippen molar-refractivity contribution in [1.29, 1.82) is 0 Å². The molecular weight excluding hydrogens is 337 g/mol. The molecule has 122 valence electrons. The van der Waals surface area contributed by atoms with E-state index in [0.29, 0.717) is 21.4 Å². The van der Waals surface area contributed by atoms with Gasteiger partial charge in [-0.1, -0.05) is 23.2 Å². The number of halogens is 2. The zero-order chi connectivity index (χ0) is 16.4. The highest BCUT2D eigenvalue weighted by molar-refractivity contribution is 6.35. The van der Waals surface area contributed by atoms with E-state index in [9.17, 15) is 4.79 Å². The topological polar surface area (TPSA) is 51.5 Å². The van der Waals surface area contributed by atoms with Gasteiger partial charge in [-0.15, -0.1) is 0 Å². The molecule has 1 N–H and O–H groups in total. The fourth-order valence-corrected chi connectivity index (χ4v) is 3.04. The van der Waals surface area contributed by atoms with Crippen molar-refractivity contribution in [2.45, 2.75) is 31.9 Å². The fraction of sp³-hybridized carbons (Fsp3) is 0.353. The van der Waals surface area contributed by atoms with Gasteiger partial charge in [-0.2, -0.15) is 0 Å². The maximum atomic E-state index is 12.3. The maximum absolute atomic E-state index is 12.3. The molecule has 1 aromatic heterocycles. The molecule has 1 saturated heterocycles. The summed E-state index contributed by atoms with van der Waals surface area (Å²) in [5.74, 6) is 0.478. The SMILES string of the molecule is C[C@H](NC(=O)c1ccc(-c2cc(Cl)ccc2Cl)o1)[C@@H]1CCCO1. The van der Waals surface area contributed by atoms with Gasteiger partial charge >= 0.3 is 0 Å². The van der Waals surface area contributed by atoms with E-state index >= 15 is 0 Å². The summed E-state index contributed by atoms with van der Waals surface area (Å²) in [4.78, 5) is 12.3. The molecule has 1 fully saturated rings. The molecule has 2 atom stereocenters. The predicted molar refractivity (Wildman–Crippen MR) is 90.1 cm³/mol. The molecule has 6 heteroatoms. The summed E-state index contributed by atoms with van der Waals surface area (Å²) >= 11 is 12.1. The van der Waals surface area contributed by atoms with Crippen LogP contribution in [0.3, 0.4) is 0 Å². The van der Waals surface area contributed by atoms with Crippen LogP contribution in [0.25, 0.3) is 11.3 Å². The summed E-state index contributed by atoms with van der Waals surface area (Å²) < 4.78 is 11.2. The van der Waals surface area contributed by atoms with E-state index in [0.717, 1.165) is 19.4 Å². The second-order valence-corrected chi connectivity index (χ2v) is 6.45. The van der Waals surface area contributed by atoms with E-state index in [4.69, 9.17) is 32.4 Å². The molecule has 3 rings (SSSR count). The highest BCUT2D eigenvalue weighted by Crippen LogP contribution is 2.31. The van der Waals surface area contributed by atoms with E-state index in [1.54, 1.807) is 30.3 Å². The van der Waals surface area contributed by atoms with Gasteiger partial charge in [0, 0.05) is 17.2 Å². The number of rotatable bonds is 4. The number of hydrogen-bond acceptors (Lipinski definition) is 3. The Morgan fingerprint density at radius 3 is 2.87 bits per heavy atom. The van der Waals surface area contributed by atoms with Gasteiger partial charge in [0.05, 0.1) is 17.2 Å². The zero-order valence-corrected chi connectivity index (χ0v) is 14.2. The van der Waals surface area contributed by atoms with E-state index in [2.05, 4.69) is 5.32 Å². The molecule has 2 heterocycles. The van der Waals surface area contributed by atoms with E-state index in [1.807, 2.05) is 6.92 Å². The molecule has 0 bridgehead atoms. The Morgan fingerprint density at radius 1 is 1.30 bits per heavy atom. The molecule has 0 radical (unpaired) electrons. The Hall–Kier alpha value is -1.49. The number of carbonyl (C=O) groups excluding carboxylic acids is 1. The van der Waals surface area contributed by atoms with Gasteiger partial charge in [0.1, 0.15) is 5.76 Å². The number of nitrogens with one attached hydrogen (secondary N) is 1. The van der Waals surface area contributed by atoms with E-state index < -0.39 is 0 Å². The number of benzene rings is 1. The Balaban J connectivity index is 1.73. The van der Waals surface area contributed by atoms with E-state index in [1.165, 1.54) is 0 Å². The molecule has 0 unspecified atom stereocenters. The second-order valence-electron chi connectivity index (χ2n) is 5.60. The van der Waals surface area contributed by atoms with Gasteiger partial charge in [-0.05, 0) is 50.1 Å². The van der Waals surface area contributed by atoms with Gasteiger partial charge in [0.15, 0.2) is 5.76 Å². The maximum Gasteiger partial charge on any atom is 0.287 e. The van der Waals surface area contributed by atoms with Crippen LogP contribution in [0.15, 0.2) is 34.7 Å². The van der Waals surface area contributed by atoms with Crippen molar-refractivity contribution in [3.8, 4) is 11.3 Å². The Bertz CT molecular complexity index is 708. The van der Waals surface area contributed by atoms with Gasteiger partial charge in [-0.25, -0.2) is 0 Å². The van der Waals surface area contributed by atoms with Crippen molar-refractivity contribution in [2.75, 3.05) is 6.61 Å². The van der Waals surface area contributed by atoms with Crippen molar-refractivity contribution >= 4 is 29.1 Å². The molecule has 2 aromatic rings. The quantitative estimate of drug-likeness (QED) is 0.876. The van der Waals surface area contributed by atoms with Crippen molar-refractivity contribution < 1.29 is 13.9 Å². The standard InChI is InChI=1S/C17H17Cl2NO3/c1-10(14-3-2-8-22-14)20-17(21)16-7-6-15(23-16)12-9-11(18)4-5-13(12)19/h4-7,9-10,14H,2-3,8H2,1H3,(H,20,21)/t10-,14-/m0/s1. The summed E-state index contributed by atoms with van der Waals surface area (Å²) in [6, 6.07) is 8.38. The molecule has 0 aliphatic carbocycles. The summed E-state index contributed by atoms with van der Waals surface area (Å²) in [5.41, 5.74) is 0.658. The smallest absolute Gasteiger partial charge is 0.287 e. The second kappa shape index (κ2) is 6.95. The average molecular weight is 354 g/mol. The summed E-state index contributed by atoms with van der Waals surface area (Å²) in [6.07, 6.45) is 2.06. The molecule has 1 aliphatic heterocycles. The van der Waals surface area contributed by atoms with Crippen LogP contribution < -0.4 is 5.32 Å². The lowest BCUT2D eigenvalue weighted by molar-refractivity contribution is 0.0697. The minimum absolute atomic E-state index is 0.0618. The summed E-state index contributed by atoms with van der Waals surface area (Å²) in [5, 5.41) is 3.98. The van der Waals surface area contributed by atoms with Gasteiger partial charge in [0.2, 0.25) is 0 Å². The lowest BCUT2D eigenvalue weighted by Gasteiger charge is -2.19. The highest BCUT2D eigenvalue weighted by atomic mass is 35.5. The minimum Gasteiger partial charge on any atom is -0.451 e. The Labute approximate surface area is 144 Å². The molecule has 0 saturated carbocycles. The number of carbonyl (C=O) groups is 1. The van der Waals surface area contributed by atoms with Crippen LogP contribution in [0.2, 0.25) is 10.0 Å². The lowest BCUT2D eigenvalue weighted by Crippen LogP contribution is -2.40. The molecule has 1 amide bonds. The monoisotopic (exact) mass is 353 g/mol. The molecule has 1 aliphatic rings. The first-order valence-corrected chi connectivity index (χ1v) is 8.28. The molecular formula is C17H17Cl2NO3. The third-order valence-corrected chi connectivity index (χ3v) is 4.47. The zero-order valence-electron chi connectivity index (χ0n) is 12.6. The van der Waals surface area contributed by atoms with Crippen LogP contribution in [-0.4, -0.2) is 24.7 Å². The van der Waals surface area contributed by atoms with Crippen LogP contribution in [0.4, 0.5) is 0 Å². The Morgan fingerprint density at radius 2 is 2.13 bits per heavy atom. The van der Waals surface area contributed by atoms with Gasteiger partial charge in [0.25, 0.3) is 5.91 Å². The van der Waals surface area contributed by atoms with E-state index in [-0.39, 0.29) is 23.8 Å². The first-order valence-electron chi connectivity index (χ1n) is 7.52. The molecule has 23 heavy (non-hydrogen) atoms.